The zero-order chi connectivity index (χ0) is 13.1. The van der Waals surface area contributed by atoms with Crippen LogP contribution in [0.5, 0.6) is 0 Å². The number of halogens is 3. The molecule has 0 aliphatic rings. The van der Waals surface area contributed by atoms with Crippen LogP contribution in [0.1, 0.15) is 10.4 Å². The van der Waals surface area contributed by atoms with Crippen molar-refractivity contribution in [1.29, 1.82) is 0 Å². The largest absolute Gasteiger partial charge is 0.321 e. The molecule has 18 heavy (non-hydrogen) atoms. The molecule has 2 aromatic rings. The Kier molecular flexibility index (Phi) is 4.01. The minimum absolute atomic E-state index is 0.154. The molecule has 0 unspecified atom stereocenters. The molecule has 0 spiro atoms. The Morgan fingerprint density at radius 3 is 2.50 bits per heavy atom. The fraction of sp³-hybridized carbons (Fsp3) is 0. The molecular formula is C11H6Cl3N3O. The summed E-state index contributed by atoms with van der Waals surface area (Å²) in [5, 5.41) is 3.36. The minimum Gasteiger partial charge on any atom is -0.321 e. The first kappa shape index (κ1) is 13.1. The Bertz CT molecular complexity index is 587. The van der Waals surface area contributed by atoms with E-state index < -0.39 is 0 Å². The average Bonchev–Trinajstić information content (AvgIpc) is 2.35. The second-order valence-corrected chi connectivity index (χ2v) is 4.47. The zero-order valence-corrected chi connectivity index (χ0v) is 11.1. The third-order valence-electron chi connectivity index (χ3n) is 2.04. The van der Waals surface area contributed by atoms with E-state index in [1.54, 1.807) is 12.1 Å². The molecule has 92 valence electrons. The lowest BCUT2D eigenvalue weighted by molar-refractivity contribution is 0.102. The number of pyridine rings is 2. The number of carbonyl (C=O) groups is 1. The van der Waals surface area contributed by atoms with E-state index in [2.05, 4.69) is 15.3 Å². The molecule has 2 aromatic heterocycles. The summed E-state index contributed by atoms with van der Waals surface area (Å²) in [4.78, 5) is 19.5. The number of nitrogens with zero attached hydrogens (tertiary/aromatic N) is 2. The molecule has 0 aliphatic heterocycles. The van der Waals surface area contributed by atoms with Crippen LogP contribution >= 0.6 is 34.8 Å². The van der Waals surface area contributed by atoms with Gasteiger partial charge in [-0.3, -0.25) is 4.79 Å². The van der Waals surface area contributed by atoms with Crippen LogP contribution in [-0.2, 0) is 0 Å². The predicted octanol–water partition coefficient (Wildman–Crippen LogP) is 3.69. The first-order chi connectivity index (χ1) is 8.56. The summed E-state index contributed by atoms with van der Waals surface area (Å²) in [6, 6.07) is 4.65. The first-order valence-electron chi connectivity index (χ1n) is 4.80. The fourth-order valence-electron chi connectivity index (χ4n) is 1.20. The summed E-state index contributed by atoms with van der Waals surface area (Å²) in [6.45, 7) is 0. The maximum atomic E-state index is 11.8. The molecule has 0 aromatic carbocycles. The Hall–Kier alpha value is -1.36. The number of nitrogens with one attached hydrogen (secondary N) is 1. The zero-order valence-electron chi connectivity index (χ0n) is 8.82. The van der Waals surface area contributed by atoms with E-state index >= 15 is 0 Å². The molecule has 0 fully saturated rings. The lowest BCUT2D eigenvalue weighted by Gasteiger charge is -2.05. The van der Waals surface area contributed by atoms with Gasteiger partial charge in [0, 0.05) is 6.20 Å². The highest BCUT2D eigenvalue weighted by Crippen LogP contribution is 2.20. The maximum Gasteiger partial charge on any atom is 0.257 e. The summed E-state index contributed by atoms with van der Waals surface area (Å²) in [5.41, 5.74) is 0.829. The highest BCUT2D eigenvalue weighted by atomic mass is 35.5. The van der Waals surface area contributed by atoms with E-state index in [0.29, 0.717) is 16.4 Å². The van der Waals surface area contributed by atoms with E-state index in [4.69, 9.17) is 34.8 Å². The maximum absolute atomic E-state index is 11.8. The highest BCUT2D eigenvalue weighted by molar-refractivity contribution is 6.41. The van der Waals surface area contributed by atoms with E-state index in [-0.39, 0.29) is 16.1 Å². The molecule has 4 nitrogen and oxygen atoms in total. The van der Waals surface area contributed by atoms with Gasteiger partial charge in [-0.2, -0.15) is 0 Å². The van der Waals surface area contributed by atoms with Crippen LogP contribution in [-0.4, -0.2) is 15.9 Å². The van der Waals surface area contributed by atoms with Crippen LogP contribution in [0.3, 0.4) is 0 Å². The Balaban J connectivity index is 2.16. The van der Waals surface area contributed by atoms with Crippen LogP contribution in [0.15, 0.2) is 30.6 Å². The van der Waals surface area contributed by atoms with Crippen molar-refractivity contribution in [1.82, 2.24) is 9.97 Å². The van der Waals surface area contributed by atoms with E-state index in [0.717, 1.165) is 0 Å². The quantitative estimate of drug-likeness (QED) is 0.861. The molecular weight excluding hydrogens is 296 g/mol. The molecule has 0 atom stereocenters. The van der Waals surface area contributed by atoms with Crippen molar-refractivity contribution < 1.29 is 4.79 Å². The second-order valence-electron chi connectivity index (χ2n) is 3.32. The SMILES string of the molecule is O=C(Nc1ccc(Cl)nc1)c1cnc(Cl)c(Cl)c1. The highest BCUT2D eigenvalue weighted by Gasteiger charge is 2.09. The third kappa shape index (κ3) is 3.10. The minimum atomic E-state index is -0.356. The number of amides is 1. The van der Waals surface area contributed by atoms with Gasteiger partial charge in [-0.15, -0.1) is 0 Å². The molecule has 7 heteroatoms. The molecule has 0 aliphatic carbocycles. The number of hydrogen-bond acceptors (Lipinski definition) is 3. The van der Waals surface area contributed by atoms with Gasteiger partial charge in [0.05, 0.1) is 22.5 Å². The summed E-state index contributed by atoms with van der Waals surface area (Å²) in [7, 11) is 0. The molecule has 0 bridgehead atoms. The van der Waals surface area contributed by atoms with Crippen LogP contribution < -0.4 is 5.32 Å². The number of anilines is 1. The van der Waals surface area contributed by atoms with Gasteiger partial charge >= 0.3 is 0 Å². The lowest BCUT2D eigenvalue weighted by atomic mass is 10.2. The third-order valence-corrected chi connectivity index (χ3v) is 2.95. The molecule has 1 N–H and O–H groups in total. The number of carbonyl (C=O) groups excluding carboxylic acids is 1. The molecule has 2 rings (SSSR count). The lowest BCUT2D eigenvalue weighted by Crippen LogP contribution is -2.12. The number of rotatable bonds is 2. The van der Waals surface area contributed by atoms with Crippen molar-refractivity contribution in [2.24, 2.45) is 0 Å². The standard InChI is InChI=1S/C11H6Cl3N3O/c12-8-3-6(4-16-10(8)14)11(18)17-7-1-2-9(13)15-5-7/h1-5H,(H,17,18). The van der Waals surface area contributed by atoms with Gasteiger partial charge < -0.3 is 5.32 Å². The summed E-state index contributed by atoms with van der Waals surface area (Å²) in [6.07, 6.45) is 2.79. The smallest absolute Gasteiger partial charge is 0.257 e. The van der Waals surface area contributed by atoms with Crippen molar-refractivity contribution >= 4 is 46.4 Å². The van der Waals surface area contributed by atoms with Crippen molar-refractivity contribution in [3.05, 3.63) is 51.5 Å². The molecule has 2 heterocycles. The van der Waals surface area contributed by atoms with Crippen molar-refractivity contribution in [3.63, 3.8) is 0 Å². The van der Waals surface area contributed by atoms with Crippen molar-refractivity contribution in [2.45, 2.75) is 0 Å². The van der Waals surface area contributed by atoms with Gasteiger partial charge in [0.1, 0.15) is 10.3 Å². The topological polar surface area (TPSA) is 54.9 Å². The van der Waals surface area contributed by atoms with Gasteiger partial charge in [-0.1, -0.05) is 34.8 Å². The van der Waals surface area contributed by atoms with E-state index in [1.807, 2.05) is 0 Å². The number of aromatic nitrogens is 2. The predicted molar refractivity (Wildman–Crippen MR) is 71.5 cm³/mol. The van der Waals surface area contributed by atoms with Gasteiger partial charge in [0.2, 0.25) is 0 Å². The second kappa shape index (κ2) is 5.52. The molecule has 0 saturated heterocycles. The van der Waals surface area contributed by atoms with E-state index in [1.165, 1.54) is 18.5 Å². The Morgan fingerprint density at radius 1 is 1.11 bits per heavy atom. The summed E-state index contributed by atoms with van der Waals surface area (Å²) in [5.74, 6) is -0.356. The van der Waals surface area contributed by atoms with Crippen LogP contribution in [0.4, 0.5) is 5.69 Å². The normalized spacial score (nSPS) is 10.2. The Morgan fingerprint density at radius 2 is 1.89 bits per heavy atom. The summed E-state index contributed by atoms with van der Waals surface area (Å²) < 4.78 is 0. The van der Waals surface area contributed by atoms with Gasteiger partial charge in [-0.05, 0) is 18.2 Å². The van der Waals surface area contributed by atoms with Crippen LogP contribution in [0, 0.1) is 0 Å². The van der Waals surface area contributed by atoms with Crippen LogP contribution in [0.2, 0.25) is 15.3 Å². The van der Waals surface area contributed by atoms with Crippen molar-refractivity contribution in [3.8, 4) is 0 Å². The van der Waals surface area contributed by atoms with Crippen molar-refractivity contribution in [2.75, 3.05) is 5.32 Å². The van der Waals surface area contributed by atoms with E-state index in [9.17, 15) is 4.79 Å². The summed E-state index contributed by atoms with van der Waals surface area (Å²) >= 11 is 17.1. The molecule has 1 amide bonds. The first-order valence-corrected chi connectivity index (χ1v) is 5.93. The van der Waals surface area contributed by atoms with Gasteiger partial charge in [0.15, 0.2) is 0 Å². The monoisotopic (exact) mass is 301 g/mol. The van der Waals surface area contributed by atoms with Gasteiger partial charge in [0.25, 0.3) is 5.91 Å². The fourth-order valence-corrected chi connectivity index (χ4v) is 1.58. The molecule has 0 saturated carbocycles. The molecule has 0 radical (unpaired) electrons. The average molecular weight is 303 g/mol. The van der Waals surface area contributed by atoms with Gasteiger partial charge in [-0.25, -0.2) is 9.97 Å². The Labute approximate surface area is 118 Å². The van der Waals surface area contributed by atoms with Crippen LogP contribution in [0.25, 0.3) is 0 Å². The number of hydrogen-bond donors (Lipinski definition) is 1.